The van der Waals surface area contributed by atoms with E-state index in [1.54, 1.807) is 11.1 Å². The van der Waals surface area contributed by atoms with Crippen molar-refractivity contribution < 1.29 is 22.9 Å². The maximum Gasteiger partial charge on any atom is 0.487 e. The van der Waals surface area contributed by atoms with Gasteiger partial charge >= 0.3 is 13.1 Å². The molecular formula is C20H24BF2N3O3. The van der Waals surface area contributed by atoms with Crippen molar-refractivity contribution in [2.75, 3.05) is 13.1 Å². The highest BCUT2D eigenvalue weighted by Gasteiger charge is 2.50. The number of hydrogen-bond acceptors (Lipinski definition) is 4. The minimum Gasteiger partial charge on any atom is -0.400 e. The summed E-state index contributed by atoms with van der Waals surface area (Å²) in [6.45, 7) is 8.84. The van der Waals surface area contributed by atoms with Crippen molar-refractivity contribution >= 4 is 19.4 Å². The summed E-state index contributed by atoms with van der Waals surface area (Å²) in [6.07, 6.45) is 2.01. The van der Waals surface area contributed by atoms with E-state index in [2.05, 4.69) is 5.10 Å². The topological polar surface area (TPSA) is 54.4 Å². The number of carbonyl (C=O) groups is 1. The fourth-order valence-corrected chi connectivity index (χ4v) is 3.62. The molecule has 2 amide bonds. The average molecular weight is 403 g/mol. The molecule has 0 aromatic heterocycles. The van der Waals surface area contributed by atoms with Crippen LogP contribution in [-0.4, -0.2) is 53.6 Å². The normalized spacial score (nSPS) is 24.8. The van der Waals surface area contributed by atoms with Gasteiger partial charge in [0.15, 0.2) is 0 Å². The van der Waals surface area contributed by atoms with Gasteiger partial charge in [0.2, 0.25) is 0 Å². The van der Waals surface area contributed by atoms with Crippen molar-refractivity contribution in [3.05, 3.63) is 46.9 Å². The molecule has 9 heteroatoms. The van der Waals surface area contributed by atoms with Crippen LogP contribution in [0.25, 0.3) is 0 Å². The number of carbonyl (C=O) groups excluding carboxylic acids is 1. The van der Waals surface area contributed by atoms with Crippen molar-refractivity contribution in [3.8, 4) is 0 Å². The first-order chi connectivity index (χ1) is 13.6. The zero-order valence-corrected chi connectivity index (χ0v) is 17.0. The number of likely N-dealkylation sites (tertiary alicyclic amines) is 1. The Balaban J connectivity index is 1.40. The lowest BCUT2D eigenvalue weighted by Gasteiger charge is -2.37. The standard InChI is InChI=1S/C20H24BF2N3O3/c1-19(2)20(3,4)29-21(28-19)10-13-11-25(12-13)18(27)26-17(5-6-24-26)14-7-15(22)9-16(23)8-14/h6-10,17H,5,11-12H2,1-4H3/t17-/m0/s1. The highest BCUT2D eigenvalue weighted by molar-refractivity contribution is 6.51. The SMILES string of the molecule is CC1(C)OB(C=C2CN(C(=O)N3N=CC[C@H]3c3cc(F)cc(F)c3)C2)OC1(C)C. The van der Waals surface area contributed by atoms with Crippen LogP contribution < -0.4 is 0 Å². The van der Waals surface area contributed by atoms with Gasteiger partial charge in [0.05, 0.1) is 17.2 Å². The van der Waals surface area contributed by atoms with Gasteiger partial charge in [-0.2, -0.15) is 5.10 Å². The fraction of sp³-hybridized carbons (Fsp3) is 0.500. The Morgan fingerprint density at radius 3 is 2.31 bits per heavy atom. The van der Waals surface area contributed by atoms with Crippen LogP contribution in [0.5, 0.6) is 0 Å². The maximum atomic E-state index is 13.6. The summed E-state index contributed by atoms with van der Waals surface area (Å²) >= 11 is 0. The molecule has 0 bridgehead atoms. The summed E-state index contributed by atoms with van der Waals surface area (Å²) in [5, 5.41) is 5.42. The van der Waals surface area contributed by atoms with E-state index in [0.29, 0.717) is 25.1 Å². The molecule has 3 aliphatic heterocycles. The smallest absolute Gasteiger partial charge is 0.400 e. The summed E-state index contributed by atoms with van der Waals surface area (Å²) in [6, 6.07) is 2.49. The first kappa shape index (κ1) is 20.0. The lowest BCUT2D eigenvalue weighted by molar-refractivity contribution is 0.00578. The molecule has 6 nitrogen and oxygen atoms in total. The van der Waals surface area contributed by atoms with Crippen LogP contribution in [0.3, 0.4) is 0 Å². The van der Waals surface area contributed by atoms with Crippen molar-refractivity contribution in [2.24, 2.45) is 5.10 Å². The third-order valence-corrected chi connectivity index (χ3v) is 6.00. The molecule has 4 rings (SSSR count). The van der Waals surface area contributed by atoms with E-state index in [-0.39, 0.29) is 6.03 Å². The fourth-order valence-electron chi connectivity index (χ4n) is 3.62. The van der Waals surface area contributed by atoms with Gasteiger partial charge in [0, 0.05) is 31.8 Å². The lowest BCUT2D eigenvalue weighted by atomic mass is 9.85. The summed E-state index contributed by atoms with van der Waals surface area (Å²) in [4.78, 5) is 14.5. The third kappa shape index (κ3) is 3.69. The van der Waals surface area contributed by atoms with Crippen molar-refractivity contribution in [1.29, 1.82) is 0 Å². The van der Waals surface area contributed by atoms with Crippen LogP contribution in [0, 0.1) is 11.6 Å². The van der Waals surface area contributed by atoms with Crippen molar-refractivity contribution in [1.82, 2.24) is 9.91 Å². The van der Waals surface area contributed by atoms with E-state index < -0.39 is 36.0 Å². The number of hydrogen-bond donors (Lipinski definition) is 0. The number of hydrazone groups is 1. The molecule has 0 spiro atoms. The Bertz CT molecular complexity index is 859. The largest absolute Gasteiger partial charge is 0.487 e. The first-order valence-corrected chi connectivity index (χ1v) is 9.67. The highest BCUT2D eigenvalue weighted by Crippen LogP contribution is 2.38. The third-order valence-electron chi connectivity index (χ3n) is 6.00. The van der Waals surface area contributed by atoms with Gasteiger partial charge in [0.1, 0.15) is 11.6 Å². The summed E-state index contributed by atoms with van der Waals surface area (Å²) in [7, 11) is -0.444. The van der Waals surface area contributed by atoms with Gasteiger partial charge in [-0.3, -0.25) is 0 Å². The lowest BCUT2D eigenvalue weighted by Crippen LogP contribution is -2.50. The Hall–Kier alpha value is -2.26. The number of halogens is 2. The molecule has 29 heavy (non-hydrogen) atoms. The quantitative estimate of drug-likeness (QED) is 0.708. The van der Waals surface area contributed by atoms with Crippen LogP contribution in [0.2, 0.25) is 0 Å². The second-order valence-electron chi connectivity index (χ2n) is 8.69. The van der Waals surface area contributed by atoms with Gasteiger partial charge in [-0.15, -0.1) is 0 Å². The minimum absolute atomic E-state index is 0.292. The Morgan fingerprint density at radius 1 is 1.14 bits per heavy atom. The predicted octanol–water partition coefficient (Wildman–Crippen LogP) is 3.69. The van der Waals surface area contributed by atoms with Crippen LogP contribution in [-0.2, 0) is 9.31 Å². The minimum atomic E-state index is -0.670. The molecule has 1 aromatic rings. The summed E-state index contributed by atoms with van der Waals surface area (Å²) < 4.78 is 39.1. The monoisotopic (exact) mass is 403 g/mol. The molecule has 0 unspecified atom stereocenters. The van der Waals surface area contributed by atoms with Crippen LogP contribution in [0.15, 0.2) is 34.8 Å². The molecule has 154 valence electrons. The Kier molecular flexibility index (Phi) is 4.78. The molecule has 2 saturated heterocycles. The zero-order valence-electron chi connectivity index (χ0n) is 17.0. The van der Waals surface area contributed by atoms with E-state index in [1.807, 2.05) is 33.7 Å². The second kappa shape index (κ2) is 6.92. The number of urea groups is 1. The van der Waals surface area contributed by atoms with E-state index in [4.69, 9.17) is 9.31 Å². The van der Waals surface area contributed by atoms with Crippen LogP contribution in [0.4, 0.5) is 13.6 Å². The Morgan fingerprint density at radius 2 is 1.72 bits per heavy atom. The average Bonchev–Trinajstić information content (AvgIpc) is 3.11. The van der Waals surface area contributed by atoms with E-state index in [9.17, 15) is 13.6 Å². The van der Waals surface area contributed by atoms with Crippen molar-refractivity contribution in [3.63, 3.8) is 0 Å². The predicted molar refractivity (Wildman–Crippen MR) is 105 cm³/mol. The maximum absolute atomic E-state index is 13.6. The van der Waals surface area contributed by atoms with Gasteiger partial charge in [-0.25, -0.2) is 18.6 Å². The number of benzene rings is 1. The number of nitrogens with zero attached hydrogens (tertiary/aromatic N) is 3. The summed E-state index contributed by atoms with van der Waals surface area (Å²) in [5.74, 6) is 0.569. The van der Waals surface area contributed by atoms with Gasteiger partial charge in [-0.05, 0) is 51.0 Å². The van der Waals surface area contributed by atoms with Gasteiger partial charge in [0.25, 0.3) is 0 Å². The van der Waals surface area contributed by atoms with E-state index in [1.165, 1.54) is 17.1 Å². The van der Waals surface area contributed by atoms with Crippen LogP contribution in [0.1, 0.15) is 45.7 Å². The molecule has 0 aliphatic carbocycles. The summed E-state index contributed by atoms with van der Waals surface area (Å²) in [5.41, 5.74) is 0.604. The molecule has 2 fully saturated rings. The highest BCUT2D eigenvalue weighted by atomic mass is 19.1. The molecular weight excluding hydrogens is 379 g/mol. The first-order valence-electron chi connectivity index (χ1n) is 9.67. The molecule has 3 aliphatic rings. The van der Waals surface area contributed by atoms with Crippen LogP contribution >= 0.6 is 0 Å². The van der Waals surface area contributed by atoms with Gasteiger partial charge < -0.3 is 14.2 Å². The molecule has 1 atom stereocenters. The molecule has 0 N–H and O–H groups in total. The zero-order chi connectivity index (χ0) is 21.0. The van der Waals surface area contributed by atoms with Gasteiger partial charge in [-0.1, -0.05) is 5.98 Å². The van der Waals surface area contributed by atoms with E-state index >= 15 is 0 Å². The van der Waals surface area contributed by atoms with Crippen molar-refractivity contribution in [2.45, 2.75) is 51.4 Å². The molecule has 0 radical (unpaired) electrons. The Labute approximate surface area is 169 Å². The van der Waals surface area contributed by atoms with E-state index in [0.717, 1.165) is 11.6 Å². The number of rotatable bonds is 2. The number of amides is 2. The molecule has 1 aromatic carbocycles. The molecule has 3 heterocycles. The molecule has 0 saturated carbocycles. The second-order valence-corrected chi connectivity index (χ2v) is 8.69.